The second-order valence-electron chi connectivity index (χ2n) is 6.42. The molecule has 5 nitrogen and oxygen atoms in total. The van der Waals surface area contributed by atoms with Gasteiger partial charge in [-0.2, -0.15) is 0 Å². The minimum absolute atomic E-state index is 0.123. The molecule has 2 N–H and O–H groups in total. The van der Waals surface area contributed by atoms with Gasteiger partial charge in [0.15, 0.2) is 11.6 Å². The summed E-state index contributed by atoms with van der Waals surface area (Å²) in [6.45, 7) is 0.195. The van der Waals surface area contributed by atoms with Gasteiger partial charge in [-0.1, -0.05) is 24.3 Å². The van der Waals surface area contributed by atoms with Gasteiger partial charge in [-0.3, -0.25) is 4.79 Å². The van der Waals surface area contributed by atoms with E-state index in [9.17, 15) is 13.6 Å². The van der Waals surface area contributed by atoms with Crippen LogP contribution in [-0.2, 0) is 17.8 Å². The molecule has 0 spiro atoms. The predicted octanol–water partition coefficient (Wildman–Crippen LogP) is 3.81. The van der Waals surface area contributed by atoms with Crippen LogP contribution in [0.5, 0.6) is 11.6 Å². The van der Waals surface area contributed by atoms with Crippen LogP contribution in [0.25, 0.3) is 0 Å². The minimum Gasteiger partial charge on any atom is -0.439 e. The molecule has 1 aliphatic rings. The van der Waals surface area contributed by atoms with Gasteiger partial charge in [0.2, 0.25) is 11.8 Å². The number of benzene rings is 2. The van der Waals surface area contributed by atoms with Gasteiger partial charge in [-0.15, -0.1) is 0 Å². The zero-order valence-corrected chi connectivity index (χ0v) is 14.8. The van der Waals surface area contributed by atoms with Crippen LogP contribution < -0.4 is 15.4 Å². The van der Waals surface area contributed by atoms with Gasteiger partial charge in [-0.25, -0.2) is 13.8 Å². The summed E-state index contributed by atoms with van der Waals surface area (Å²) in [5, 5.41) is 6.07. The molecule has 1 aliphatic heterocycles. The first kappa shape index (κ1) is 17.9. The maximum atomic E-state index is 13.4. The van der Waals surface area contributed by atoms with Crippen molar-refractivity contribution in [2.75, 3.05) is 5.32 Å². The number of nitrogens with zero attached hydrogens (tertiary/aromatic N) is 1. The lowest BCUT2D eigenvalue weighted by molar-refractivity contribution is -0.121. The molecular weight excluding hydrogens is 364 g/mol. The molecule has 1 aromatic heterocycles. The van der Waals surface area contributed by atoms with Crippen LogP contribution in [0.1, 0.15) is 11.1 Å². The topological polar surface area (TPSA) is 63.2 Å². The fourth-order valence-corrected chi connectivity index (χ4v) is 3.06. The Hall–Kier alpha value is -3.48. The second-order valence-corrected chi connectivity index (χ2v) is 6.42. The van der Waals surface area contributed by atoms with Crippen LogP contribution in [0.15, 0.2) is 60.8 Å². The minimum atomic E-state index is -1.00. The number of hydrogen-bond donors (Lipinski definition) is 2. The number of pyridine rings is 1. The van der Waals surface area contributed by atoms with E-state index in [0.29, 0.717) is 12.0 Å². The average Bonchev–Trinajstić information content (AvgIpc) is 3.14. The molecule has 0 saturated heterocycles. The van der Waals surface area contributed by atoms with E-state index >= 15 is 0 Å². The number of rotatable bonds is 5. The van der Waals surface area contributed by atoms with Crippen LogP contribution in [0.2, 0.25) is 0 Å². The van der Waals surface area contributed by atoms with Crippen molar-refractivity contribution in [3.63, 3.8) is 0 Å². The Kier molecular flexibility index (Phi) is 4.89. The summed E-state index contributed by atoms with van der Waals surface area (Å²) in [4.78, 5) is 16.6. The van der Waals surface area contributed by atoms with Gasteiger partial charge in [0.25, 0.3) is 0 Å². The van der Waals surface area contributed by atoms with Crippen LogP contribution >= 0.6 is 0 Å². The Morgan fingerprint density at radius 3 is 2.82 bits per heavy atom. The molecule has 0 fully saturated rings. The maximum absolute atomic E-state index is 13.4. The number of para-hydroxylation sites is 1. The number of ether oxygens (including phenoxy) is 1. The molecule has 0 saturated carbocycles. The molecule has 1 atom stereocenters. The van der Waals surface area contributed by atoms with E-state index in [2.05, 4.69) is 15.6 Å². The van der Waals surface area contributed by atoms with Crippen molar-refractivity contribution in [1.82, 2.24) is 10.3 Å². The number of carbonyl (C=O) groups is 1. The van der Waals surface area contributed by atoms with Gasteiger partial charge < -0.3 is 15.4 Å². The van der Waals surface area contributed by atoms with Crippen molar-refractivity contribution in [3.8, 4) is 11.6 Å². The molecule has 7 heteroatoms. The van der Waals surface area contributed by atoms with E-state index in [0.717, 1.165) is 23.4 Å². The van der Waals surface area contributed by atoms with Crippen LogP contribution in [0.4, 0.5) is 14.5 Å². The van der Waals surface area contributed by atoms with Crippen molar-refractivity contribution < 1.29 is 18.3 Å². The van der Waals surface area contributed by atoms with E-state index in [1.54, 1.807) is 12.1 Å². The van der Waals surface area contributed by atoms with Crippen molar-refractivity contribution in [3.05, 3.63) is 83.6 Å². The van der Waals surface area contributed by atoms with Crippen molar-refractivity contribution in [2.45, 2.75) is 19.0 Å². The quantitative estimate of drug-likeness (QED) is 0.706. The molecule has 0 radical (unpaired) electrons. The Morgan fingerprint density at radius 2 is 2.00 bits per heavy atom. The third-order valence-electron chi connectivity index (χ3n) is 4.50. The molecule has 142 valence electrons. The molecule has 0 aliphatic carbocycles. The molecule has 2 heterocycles. The SMILES string of the molecule is O=C(NCc1cccnc1Oc1ccc(F)c(F)c1)[C@@H]1Cc2ccccc2N1. The molecule has 1 amide bonds. The van der Waals surface area contributed by atoms with Crippen LogP contribution in [0, 0.1) is 11.6 Å². The van der Waals surface area contributed by atoms with Crippen molar-refractivity contribution in [1.29, 1.82) is 0 Å². The van der Waals surface area contributed by atoms with E-state index in [4.69, 9.17) is 4.74 Å². The third-order valence-corrected chi connectivity index (χ3v) is 4.50. The van der Waals surface area contributed by atoms with Gasteiger partial charge in [-0.05, 0) is 29.8 Å². The standard InChI is InChI=1S/C21H17F2N3O2/c22-16-8-7-15(11-17(16)23)28-21-14(5-3-9-24-21)12-25-20(27)19-10-13-4-1-2-6-18(13)26-19/h1-9,11,19,26H,10,12H2,(H,25,27)/t19-/m0/s1. The summed E-state index contributed by atoms with van der Waals surface area (Å²) in [7, 11) is 0. The number of hydrogen-bond acceptors (Lipinski definition) is 4. The summed E-state index contributed by atoms with van der Waals surface area (Å²) in [6.07, 6.45) is 2.14. The lowest BCUT2D eigenvalue weighted by Gasteiger charge is -2.14. The first-order valence-electron chi connectivity index (χ1n) is 8.79. The van der Waals surface area contributed by atoms with Gasteiger partial charge in [0.05, 0.1) is 0 Å². The number of aromatic nitrogens is 1. The first-order chi connectivity index (χ1) is 13.6. The number of halogens is 2. The highest BCUT2D eigenvalue weighted by Crippen LogP contribution is 2.26. The molecule has 0 bridgehead atoms. The second kappa shape index (κ2) is 7.64. The highest BCUT2D eigenvalue weighted by molar-refractivity contribution is 5.87. The van der Waals surface area contributed by atoms with E-state index in [1.165, 1.54) is 12.3 Å². The van der Waals surface area contributed by atoms with Crippen molar-refractivity contribution in [2.24, 2.45) is 0 Å². The fraction of sp³-hybridized carbons (Fsp3) is 0.143. The number of nitrogens with one attached hydrogen (secondary N) is 2. The molecule has 4 rings (SSSR count). The third kappa shape index (κ3) is 3.78. The highest BCUT2D eigenvalue weighted by atomic mass is 19.2. The number of carbonyl (C=O) groups excluding carboxylic acids is 1. The maximum Gasteiger partial charge on any atom is 0.243 e. The fourth-order valence-electron chi connectivity index (χ4n) is 3.06. The van der Waals surface area contributed by atoms with Gasteiger partial charge in [0, 0.05) is 36.5 Å². The number of amides is 1. The molecule has 3 aromatic rings. The Balaban J connectivity index is 1.41. The largest absolute Gasteiger partial charge is 0.439 e. The molecular formula is C21H17F2N3O2. The lowest BCUT2D eigenvalue weighted by Crippen LogP contribution is -2.38. The molecule has 2 aromatic carbocycles. The zero-order valence-electron chi connectivity index (χ0n) is 14.8. The van der Waals surface area contributed by atoms with E-state index in [-0.39, 0.29) is 30.1 Å². The Morgan fingerprint density at radius 1 is 1.14 bits per heavy atom. The van der Waals surface area contributed by atoms with Crippen molar-refractivity contribution >= 4 is 11.6 Å². The monoisotopic (exact) mass is 381 g/mol. The first-order valence-corrected chi connectivity index (χ1v) is 8.79. The molecule has 0 unspecified atom stereocenters. The van der Waals surface area contributed by atoms with E-state index < -0.39 is 11.6 Å². The zero-order chi connectivity index (χ0) is 19.5. The lowest BCUT2D eigenvalue weighted by atomic mass is 10.1. The molecule has 28 heavy (non-hydrogen) atoms. The predicted molar refractivity (Wildman–Crippen MR) is 100 cm³/mol. The smallest absolute Gasteiger partial charge is 0.243 e. The summed E-state index contributed by atoms with van der Waals surface area (Å²) < 4.78 is 32.0. The summed E-state index contributed by atoms with van der Waals surface area (Å²) in [5.74, 6) is -1.76. The van der Waals surface area contributed by atoms with Gasteiger partial charge in [0.1, 0.15) is 11.8 Å². The highest BCUT2D eigenvalue weighted by Gasteiger charge is 2.26. The Labute approximate surface area is 160 Å². The summed E-state index contributed by atoms with van der Waals surface area (Å²) >= 11 is 0. The Bertz CT molecular complexity index is 1000. The van der Waals surface area contributed by atoms with Crippen LogP contribution in [-0.4, -0.2) is 16.9 Å². The average molecular weight is 381 g/mol. The number of anilines is 1. The number of fused-ring (bicyclic) bond motifs is 1. The normalized spacial score (nSPS) is 14.9. The van der Waals surface area contributed by atoms with E-state index in [1.807, 2.05) is 24.3 Å². The summed E-state index contributed by atoms with van der Waals surface area (Å²) in [6, 6.07) is 14.2. The van der Waals surface area contributed by atoms with Gasteiger partial charge >= 0.3 is 0 Å². The summed E-state index contributed by atoms with van der Waals surface area (Å²) in [5.41, 5.74) is 2.69. The van der Waals surface area contributed by atoms with Crippen LogP contribution in [0.3, 0.4) is 0 Å².